The Morgan fingerprint density at radius 2 is 1.59 bits per heavy atom. The summed E-state index contributed by atoms with van der Waals surface area (Å²) in [5.74, 6) is -0.452. The van der Waals surface area contributed by atoms with E-state index in [0.29, 0.717) is 40.6 Å². The van der Waals surface area contributed by atoms with Crippen LogP contribution in [0, 0.1) is 22.7 Å². The lowest BCUT2D eigenvalue weighted by Gasteiger charge is -2.11. The lowest BCUT2D eigenvalue weighted by molar-refractivity contribution is -0.137. The standard InChI is InChI=1S/C26H20ClN3O4/c27-23-9-6-18(13-24(23)34-22-11-19(15-28)10-20(12-22)16-29)14-25(31)30-21-7-4-17(5-8-21)2-1-3-26(32)33/h4-13H,1-3,14H2,(H,30,31)(H,32,33). The predicted molar refractivity (Wildman–Crippen MR) is 127 cm³/mol. The van der Waals surface area contributed by atoms with E-state index in [9.17, 15) is 9.59 Å². The first-order valence-corrected chi connectivity index (χ1v) is 10.8. The van der Waals surface area contributed by atoms with Crippen LogP contribution in [0.5, 0.6) is 11.5 Å². The monoisotopic (exact) mass is 473 g/mol. The molecule has 2 N–H and O–H groups in total. The van der Waals surface area contributed by atoms with Gasteiger partial charge in [0.1, 0.15) is 11.5 Å². The minimum atomic E-state index is -0.817. The molecule has 0 spiro atoms. The minimum Gasteiger partial charge on any atom is -0.481 e. The van der Waals surface area contributed by atoms with E-state index >= 15 is 0 Å². The van der Waals surface area contributed by atoms with Crippen LogP contribution in [-0.2, 0) is 22.4 Å². The van der Waals surface area contributed by atoms with Crippen molar-refractivity contribution in [1.82, 2.24) is 0 Å². The molecular formula is C26H20ClN3O4. The lowest BCUT2D eigenvalue weighted by atomic mass is 10.1. The highest BCUT2D eigenvalue weighted by molar-refractivity contribution is 6.32. The molecule has 3 aromatic rings. The Balaban J connectivity index is 1.64. The summed E-state index contributed by atoms with van der Waals surface area (Å²) in [5, 5.41) is 30.1. The molecule has 0 atom stereocenters. The van der Waals surface area contributed by atoms with E-state index in [0.717, 1.165) is 5.56 Å². The molecule has 0 radical (unpaired) electrons. The van der Waals surface area contributed by atoms with Gasteiger partial charge < -0.3 is 15.2 Å². The molecule has 0 aromatic heterocycles. The van der Waals surface area contributed by atoms with Gasteiger partial charge in [-0.25, -0.2) is 0 Å². The van der Waals surface area contributed by atoms with Crippen LogP contribution < -0.4 is 10.1 Å². The average Bonchev–Trinajstić information content (AvgIpc) is 2.81. The molecular weight excluding hydrogens is 454 g/mol. The van der Waals surface area contributed by atoms with Crippen molar-refractivity contribution >= 4 is 29.2 Å². The molecule has 0 saturated carbocycles. The SMILES string of the molecule is N#Cc1cc(C#N)cc(Oc2cc(CC(=O)Nc3ccc(CCCC(=O)O)cc3)ccc2Cl)c1. The molecule has 170 valence electrons. The molecule has 0 aliphatic heterocycles. The number of carbonyl (C=O) groups is 2. The number of carbonyl (C=O) groups excluding carboxylic acids is 1. The minimum absolute atomic E-state index is 0.0789. The van der Waals surface area contributed by atoms with Crippen molar-refractivity contribution in [3.05, 3.63) is 87.9 Å². The summed E-state index contributed by atoms with van der Waals surface area (Å²) in [5.41, 5.74) is 2.87. The number of anilines is 1. The predicted octanol–water partition coefficient (Wildman–Crippen LogP) is 5.46. The fraction of sp³-hybridized carbons (Fsp3) is 0.154. The van der Waals surface area contributed by atoms with Gasteiger partial charge in [0.05, 0.1) is 34.7 Å². The summed E-state index contributed by atoms with van der Waals surface area (Å²) in [6.45, 7) is 0. The van der Waals surface area contributed by atoms with Crippen LogP contribution in [0.2, 0.25) is 5.02 Å². The molecule has 34 heavy (non-hydrogen) atoms. The second-order valence-corrected chi connectivity index (χ2v) is 7.91. The molecule has 3 rings (SSSR count). The Morgan fingerprint density at radius 1 is 0.941 bits per heavy atom. The number of ether oxygens (including phenoxy) is 1. The highest BCUT2D eigenvalue weighted by Gasteiger charge is 2.11. The number of benzene rings is 3. The maximum absolute atomic E-state index is 12.5. The smallest absolute Gasteiger partial charge is 0.303 e. The normalized spacial score (nSPS) is 10.1. The first-order valence-electron chi connectivity index (χ1n) is 10.4. The second-order valence-electron chi connectivity index (χ2n) is 7.51. The number of carboxylic acid groups (broad SMARTS) is 1. The summed E-state index contributed by atoms with van der Waals surface area (Å²) >= 11 is 6.24. The number of hydrogen-bond acceptors (Lipinski definition) is 5. The van der Waals surface area contributed by atoms with Crippen molar-refractivity contribution in [2.45, 2.75) is 25.7 Å². The molecule has 0 heterocycles. The Morgan fingerprint density at radius 3 is 2.21 bits per heavy atom. The number of nitrogens with one attached hydrogen (secondary N) is 1. The Labute approximate surface area is 201 Å². The van der Waals surface area contributed by atoms with E-state index in [4.69, 9.17) is 32.0 Å². The summed E-state index contributed by atoms with van der Waals surface area (Å²) < 4.78 is 5.79. The van der Waals surface area contributed by atoms with Crippen molar-refractivity contribution in [3.63, 3.8) is 0 Å². The van der Waals surface area contributed by atoms with Crippen molar-refractivity contribution in [2.75, 3.05) is 5.32 Å². The highest BCUT2D eigenvalue weighted by atomic mass is 35.5. The first kappa shape index (κ1) is 24.3. The van der Waals surface area contributed by atoms with Gasteiger partial charge in [-0.3, -0.25) is 9.59 Å². The van der Waals surface area contributed by atoms with Crippen LogP contribution in [0.4, 0.5) is 5.69 Å². The molecule has 0 aliphatic carbocycles. The second kappa shape index (κ2) is 11.5. The molecule has 7 nitrogen and oxygen atoms in total. The van der Waals surface area contributed by atoms with Gasteiger partial charge in [0.25, 0.3) is 0 Å². The Kier molecular flexibility index (Phi) is 8.23. The lowest BCUT2D eigenvalue weighted by Crippen LogP contribution is -2.14. The first-order chi connectivity index (χ1) is 16.4. The number of carboxylic acids is 1. The zero-order valence-electron chi connectivity index (χ0n) is 18.0. The average molecular weight is 474 g/mol. The number of aliphatic carboxylic acids is 1. The van der Waals surface area contributed by atoms with E-state index in [-0.39, 0.29) is 29.9 Å². The Hall–Kier alpha value is -4.33. The molecule has 8 heteroatoms. The summed E-state index contributed by atoms with van der Waals surface area (Å²) in [7, 11) is 0. The zero-order valence-corrected chi connectivity index (χ0v) is 18.8. The molecule has 3 aromatic carbocycles. The van der Waals surface area contributed by atoms with Gasteiger partial charge in [-0.2, -0.15) is 10.5 Å². The number of halogens is 1. The van der Waals surface area contributed by atoms with Gasteiger partial charge >= 0.3 is 5.97 Å². The molecule has 0 bridgehead atoms. The third kappa shape index (κ3) is 7.09. The maximum atomic E-state index is 12.5. The van der Waals surface area contributed by atoms with Crippen molar-refractivity contribution in [1.29, 1.82) is 10.5 Å². The van der Waals surface area contributed by atoms with E-state index in [1.807, 2.05) is 24.3 Å². The summed E-state index contributed by atoms with van der Waals surface area (Å²) in [6, 6.07) is 20.7. The van der Waals surface area contributed by atoms with E-state index in [1.54, 1.807) is 30.3 Å². The topological polar surface area (TPSA) is 123 Å². The van der Waals surface area contributed by atoms with Crippen LogP contribution in [0.25, 0.3) is 0 Å². The summed E-state index contributed by atoms with van der Waals surface area (Å²) in [6.07, 6.45) is 1.41. The van der Waals surface area contributed by atoms with Crippen LogP contribution in [0.3, 0.4) is 0 Å². The van der Waals surface area contributed by atoms with Gasteiger partial charge in [-0.15, -0.1) is 0 Å². The molecule has 0 unspecified atom stereocenters. The van der Waals surface area contributed by atoms with Gasteiger partial charge in [0, 0.05) is 12.1 Å². The van der Waals surface area contributed by atoms with E-state index in [1.165, 1.54) is 18.2 Å². The number of aryl methyl sites for hydroxylation is 1. The molecule has 1 amide bonds. The summed E-state index contributed by atoms with van der Waals surface area (Å²) in [4.78, 5) is 23.1. The third-order valence-electron chi connectivity index (χ3n) is 4.85. The van der Waals surface area contributed by atoms with Gasteiger partial charge in [-0.1, -0.05) is 29.8 Å². The Bertz CT molecular complexity index is 1260. The zero-order chi connectivity index (χ0) is 24.5. The quantitative estimate of drug-likeness (QED) is 0.425. The fourth-order valence-corrected chi connectivity index (χ4v) is 3.40. The van der Waals surface area contributed by atoms with Crippen LogP contribution >= 0.6 is 11.6 Å². The third-order valence-corrected chi connectivity index (χ3v) is 5.16. The number of nitriles is 2. The van der Waals surface area contributed by atoms with Gasteiger partial charge in [0.15, 0.2) is 0 Å². The number of rotatable bonds is 9. The largest absolute Gasteiger partial charge is 0.481 e. The maximum Gasteiger partial charge on any atom is 0.303 e. The number of hydrogen-bond donors (Lipinski definition) is 2. The van der Waals surface area contributed by atoms with Gasteiger partial charge in [-0.05, 0) is 66.4 Å². The van der Waals surface area contributed by atoms with Crippen LogP contribution in [-0.4, -0.2) is 17.0 Å². The highest BCUT2D eigenvalue weighted by Crippen LogP contribution is 2.31. The van der Waals surface area contributed by atoms with Crippen LogP contribution in [0.1, 0.15) is 35.1 Å². The molecule has 0 fully saturated rings. The number of nitrogens with zero attached hydrogens (tertiary/aromatic N) is 2. The van der Waals surface area contributed by atoms with Crippen LogP contribution in [0.15, 0.2) is 60.7 Å². The van der Waals surface area contributed by atoms with E-state index < -0.39 is 5.97 Å². The van der Waals surface area contributed by atoms with Gasteiger partial charge in [0.2, 0.25) is 5.91 Å². The van der Waals surface area contributed by atoms with Crippen molar-refractivity contribution in [2.24, 2.45) is 0 Å². The molecule has 0 saturated heterocycles. The fourth-order valence-electron chi connectivity index (χ4n) is 3.24. The van der Waals surface area contributed by atoms with Crippen molar-refractivity contribution in [3.8, 4) is 23.6 Å². The van der Waals surface area contributed by atoms with Crippen molar-refractivity contribution < 1.29 is 19.4 Å². The molecule has 0 aliphatic rings. The van der Waals surface area contributed by atoms with E-state index in [2.05, 4.69) is 5.32 Å². The number of amides is 1.